The number of nitrogens with zero attached hydrogens (tertiary/aromatic N) is 3. The second-order valence-corrected chi connectivity index (χ2v) is 5.88. The van der Waals surface area contributed by atoms with E-state index in [1.165, 1.54) is 0 Å². The Hall–Kier alpha value is -1.41. The summed E-state index contributed by atoms with van der Waals surface area (Å²) in [6.07, 6.45) is 0.890. The van der Waals surface area contributed by atoms with Gasteiger partial charge in [0.1, 0.15) is 0 Å². The first-order valence-electron chi connectivity index (χ1n) is 6.41. The molecule has 2 rings (SSSR count). The van der Waals surface area contributed by atoms with Gasteiger partial charge in [-0.1, -0.05) is 22.9 Å². The number of hydrogen-bond acceptors (Lipinski definition) is 6. The van der Waals surface area contributed by atoms with Crippen LogP contribution in [0.25, 0.3) is 0 Å². The minimum atomic E-state index is 0.298. The second-order valence-electron chi connectivity index (χ2n) is 4.11. The third-order valence-electron chi connectivity index (χ3n) is 2.45. The molecule has 2 aromatic rings. The molecule has 0 bridgehead atoms. The quantitative estimate of drug-likeness (QED) is 0.742. The maximum Gasteiger partial charge on any atom is 0.323 e. The van der Waals surface area contributed by atoms with Gasteiger partial charge >= 0.3 is 6.01 Å². The number of aromatic nitrogens is 3. The van der Waals surface area contributed by atoms with E-state index in [4.69, 9.17) is 4.74 Å². The molecule has 0 atom stereocenters. The normalized spacial score (nSPS) is 10.3. The van der Waals surface area contributed by atoms with Crippen LogP contribution in [0.2, 0.25) is 0 Å². The molecule has 0 unspecified atom stereocenters. The smallest absolute Gasteiger partial charge is 0.323 e. The number of halogens is 2. The van der Waals surface area contributed by atoms with E-state index in [1.807, 2.05) is 25.1 Å². The zero-order valence-corrected chi connectivity index (χ0v) is 14.8. The van der Waals surface area contributed by atoms with Crippen molar-refractivity contribution in [3.05, 3.63) is 27.1 Å². The molecule has 0 fully saturated rings. The molecule has 6 nitrogen and oxygen atoms in total. The Labute approximate surface area is 140 Å². The summed E-state index contributed by atoms with van der Waals surface area (Å²) in [5, 5.41) is 6.03. The van der Waals surface area contributed by atoms with Gasteiger partial charge in [-0.2, -0.15) is 15.0 Å². The van der Waals surface area contributed by atoms with Crippen LogP contribution < -0.4 is 15.4 Å². The van der Waals surface area contributed by atoms with Crippen LogP contribution in [0.1, 0.15) is 13.3 Å². The van der Waals surface area contributed by atoms with Crippen molar-refractivity contribution in [1.29, 1.82) is 0 Å². The predicted octanol–water partition coefficient (Wildman–Crippen LogP) is 3.97. The minimum Gasteiger partial charge on any atom is -0.463 e. The highest BCUT2D eigenvalue weighted by atomic mass is 79.9. The molecule has 0 saturated heterocycles. The van der Waals surface area contributed by atoms with Crippen LogP contribution in [0.15, 0.2) is 27.1 Å². The largest absolute Gasteiger partial charge is 0.463 e. The molecule has 0 saturated carbocycles. The van der Waals surface area contributed by atoms with Crippen molar-refractivity contribution >= 4 is 49.4 Å². The van der Waals surface area contributed by atoms with E-state index < -0.39 is 0 Å². The molecule has 2 N–H and O–H groups in total. The molecule has 112 valence electrons. The average Bonchev–Trinajstić information content (AvgIpc) is 2.48. The first-order valence-corrected chi connectivity index (χ1v) is 7.99. The number of anilines is 3. The fraction of sp³-hybridized carbons (Fsp3) is 0.308. The molecule has 0 aliphatic rings. The topological polar surface area (TPSA) is 72.0 Å². The van der Waals surface area contributed by atoms with Gasteiger partial charge < -0.3 is 15.4 Å². The van der Waals surface area contributed by atoms with Gasteiger partial charge in [-0.05, 0) is 40.5 Å². The van der Waals surface area contributed by atoms with Crippen molar-refractivity contribution in [2.75, 3.05) is 24.3 Å². The lowest BCUT2D eigenvalue weighted by molar-refractivity contribution is 0.292. The fourth-order valence-corrected chi connectivity index (χ4v) is 2.64. The summed E-state index contributed by atoms with van der Waals surface area (Å²) < 4.78 is 7.35. The van der Waals surface area contributed by atoms with Gasteiger partial charge in [-0.3, -0.25) is 0 Å². The summed E-state index contributed by atoms with van der Waals surface area (Å²) in [6.45, 7) is 2.59. The lowest BCUT2D eigenvalue weighted by Crippen LogP contribution is -2.07. The standard InChI is InChI=1S/C13H15Br2N5O/c1-3-6-21-13-19-11(16-2)18-12(20-13)17-10-5-4-8(14)7-9(10)15/h4-5,7H,3,6H2,1-2H3,(H2,16,17,18,19,20). The van der Waals surface area contributed by atoms with E-state index in [0.717, 1.165) is 21.1 Å². The summed E-state index contributed by atoms with van der Waals surface area (Å²) in [4.78, 5) is 12.7. The van der Waals surface area contributed by atoms with Gasteiger partial charge in [-0.15, -0.1) is 0 Å². The van der Waals surface area contributed by atoms with Gasteiger partial charge in [0.25, 0.3) is 0 Å². The zero-order valence-electron chi connectivity index (χ0n) is 11.7. The Balaban J connectivity index is 2.25. The van der Waals surface area contributed by atoms with E-state index in [9.17, 15) is 0 Å². The van der Waals surface area contributed by atoms with Crippen LogP contribution in [0.5, 0.6) is 6.01 Å². The van der Waals surface area contributed by atoms with Crippen LogP contribution in [-0.2, 0) is 0 Å². The number of hydrogen-bond donors (Lipinski definition) is 2. The molecule has 0 spiro atoms. The van der Waals surface area contributed by atoms with Crippen LogP contribution in [0.3, 0.4) is 0 Å². The van der Waals surface area contributed by atoms with E-state index in [0.29, 0.717) is 24.5 Å². The second kappa shape index (κ2) is 7.56. The van der Waals surface area contributed by atoms with Crippen LogP contribution in [-0.4, -0.2) is 28.6 Å². The number of nitrogens with one attached hydrogen (secondary N) is 2. The Morgan fingerprint density at radius 3 is 2.57 bits per heavy atom. The molecule has 0 amide bonds. The van der Waals surface area contributed by atoms with Crippen molar-refractivity contribution in [2.24, 2.45) is 0 Å². The molecule has 0 radical (unpaired) electrons. The van der Waals surface area contributed by atoms with Crippen LogP contribution in [0.4, 0.5) is 17.6 Å². The van der Waals surface area contributed by atoms with Crippen molar-refractivity contribution in [3.8, 4) is 6.01 Å². The predicted molar refractivity (Wildman–Crippen MR) is 90.3 cm³/mol. The van der Waals surface area contributed by atoms with E-state index in [-0.39, 0.29) is 0 Å². The molecular formula is C13H15Br2N5O. The van der Waals surface area contributed by atoms with E-state index >= 15 is 0 Å². The zero-order chi connectivity index (χ0) is 15.2. The molecule has 0 aliphatic carbocycles. The summed E-state index contributed by atoms with van der Waals surface area (Å²) in [5.41, 5.74) is 0.855. The molecule has 0 aliphatic heterocycles. The Morgan fingerprint density at radius 2 is 1.90 bits per heavy atom. The van der Waals surface area contributed by atoms with Gasteiger partial charge in [0.05, 0.1) is 12.3 Å². The van der Waals surface area contributed by atoms with Crippen molar-refractivity contribution < 1.29 is 4.74 Å². The molecule has 1 aromatic heterocycles. The Bertz CT molecular complexity index is 624. The van der Waals surface area contributed by atoms with E-state index in [2.05, 4.69) is 57.4 Å². The first kappa shape index (κ1) is 16.0. The number of ether oxygens (including phenoxy) is 1. The first-order chi connectivity index (χ1) is 10.1. The Kier molecular flexibility index (Phi) is 5.75. The maximum atomic E-state index is 5.46. The fourth-order valence-electron chi connectivity index (χ4n) is 1.49. The van der Waals surface area contributed by atoms with Crippen molar-refractivity contribution in [1.82, 2.24) is 15.0 Å². The molecule has 21 heavy (non-hydrogen) atoms. The number of benzene rings is 1. The minimum absolute atomic E-state index is 0.298. The lowest BCUT2D eigenvalue weighted by atomic mass is 10.3. The highest BCUT2D eigenvalue weighted by Gasteiger charge is 2.08. The van der Waals surface area contributed by atoms with Gasteiger partial charge in [-0.25, -0.2) is 0 Å². The van der Waals surface area contributed by atoms with Gasteiger partial charge in [0, 0.05) is 16.0 Å². The molecule has 1 aromatic carbocycles. The van der Waals surface area contributed by atoms with Crippen LogP contribution >= 0.6 is 31.9 Å². The summed E-state index contributed by atoms with van der Waals surface area (Å²) in [7, 11) is 1.75. The SMILES string of the molecule is CCCOc1nc(NC)nc(Nc2ccc(Br)cc2Br)n1. The van der Waals surface area contributed by atoms with E-state index in [1.54, 1.807) is 7.05 Å². The molecular weight excluding hydrogens is 402 g/mol. The van der Waals surface area contributed by atoms with Crippen molar-refractivity contribution in [2.45, 2.75) is 13.3 Å². The lowest BCUT2D eigenvalue weighted by Gasteiger charge is -2.10. The van der Waals surface area contributed by atoms with Crippen molar-refractivity contribution in [3.63, 3.8) is 0 Å². The summed E-state index contributed by atoms with van der Waals surface area (Å²) in [5.74, 6) is 0.871. The molecule has 8 heteroatoms. The highest BCUT2D eigenvalue weighted by Crippen LogP contribution is 2.28. The third kappa shape index (κ3) is 4.53. The monoisotopic (exact) mass is 415 g/mol. The number of rotatable bonds is 6. The maximum absolute atomic E-state index is 5.46. The highest BCUT2D eigenvalue weighted by molar-refractivity contribution is 9.11. The average molecular weight is 417 g/mol. The van der Waals surface area contributed by atoms with Gasteiger partial charge in [0.15, 0.2) is 0 Å². The third-order valence-corrected chi connectivity index (χ3v) is 3.60. The van der Waals surface area contributed by atoms with Gasteiger partial charge in [0.2, 0.25) is 11.9 Å². The van der Waals surface area contributed by atoms with Crippen LogP contribution in [0, 0.1) is 0 Å². The summed E-state index contributed by atoms with van der Waals surface area (Å²) >= 11 is 6.91. The Morgan fingerprint density at radius 1 is 1.14 bits per heavy atom. The molecule has 1 heterocycles. The summed E-state index contributed by atoms with van der Waals surface area (Å²) in [6, 6.07) is 6.09.